The average molecular weight is 674 g/mol. The molecule has 0 spiro atoms. The lowest BCUT2D eigenvalue weighted by Gasteiger charge is -2.30. The van der Waals surface area contributed by atoms with E-state index < -0.39 is 0 Å². The van der Waals surface area contributed by atoms with Gasteiger partial charge in [-0.2, -0.15) is 0 Å². The molecule has 0 unspecified atom stereocenters. The van der Waals surface area contributed by atoms with E-state index in [1.807, 2.05) is 0 Å². The summed E-state index contributed by atoms with van der Waals surface area (Å²) in [6, 6.07) is 77.3. The van der Waals surface area contributed by atoms with Crippen LogP contribution in [0.3, 0.4) is 0 Å². The van der Waals surface area contributed by atoms with E-state index in [1.165, 1.54) is 76.5 Å². The lowest BCUT2D eigenvalue weighted by molar-refractivity contribution is 1.30. The van der Waals surface area contributed by atoms with Gasteiger partial charge in [-0.3, -0.25) is 0 Å². The summed E-state index contributed by atoms with van der Waals surface area (Å²) in [6.45, 7) is 0. The molecule has 0 heterocycles. The summed E-state index contributed by atoms with van der Waals surface area (Å²) in [5.74, 6) is 0. The third kappa shape index (κ3) is 5.42. The van der Waals surface area contributed by atoms with Gasteiger partial charge in [0.25, 0.3) is 0 Å². The van der Waals surface area contributed by atoms with Gasteiger partial charge >= 0.3 is 0 Å². The second-order valence-electron chi connectivity index (χ2n) is 13.7. The minimum atomic E-state index is 1.10. The van der Waals surface area contributed by atoms with Gasteiger partial charge in [0.05, 0.1) is 11.4 Å². The molecular formula is C52H35N. The topological polar surface area (TPSA) is 3.24 Å². The van der Waals surface area contributed by atoms with Crippen LogP contribution in [0.25, 0.3) is 76.5 Å². The molecule has 0 aromatic heterocycles. The molecular weight excluding hydrogens is 639 g/mol. The Hall–Kier alpha value is -6.96. The summed E-state index contributed by atoms with van der Waals surface area (Å²) in [5.41, 5.74) is 10.5. The highest BCUT2D eigenvalue weighted by Gasteiger charge is 2.22. The SMILES string of the molecule is c1ccc(-c2ccc(-c3ccccc3)c(N(c3ccc(-c4cc5ccccc5c5ccccc45)cc3)c3cc4ccccc4c4ccccc34)c2)cc1. The summed E-state index contributed by atoms with van der Waals surface area (Å²) >= 11 is 0. The fourth-order valence-corrected chi connectivity index (χ4v) is 8.10. The zero-order valence-corrected chi connectivity index (χ0v) is 29.2. The quantitative estimate of drug-likeness (QED) is 0.159. The van der Waals surface area contributed by atoms with Gasteiger partial charge in [-0.15, -0.1) is 0 Å². The van der Waals surface area contributed by atoms with E-state index in [4.69, 9.17) is 0 Å². The van der Waals surface area contributed by atoms with Crippen molar-refractivity contribution in [3.8, 4) is 33.4 Å². The molecule has 0 amide bonds. The number of benzene rings is 10. The van der Waals surface area contributed by atoms with Crippen LogP contribution in [-0.2, 0) is 0 Å². The van der Waals surface area contributed by atoms with Crippen LogP contribution < -0.4 is 4.90 Å². The van der Waals surface area contributed by atoms with Crippen molar-refractivity contribution in [2.24, 2.45) is 0 Å². The summed E-state index contributed by atoms with van der Waals surface area (Å²) in [7, 11) is 0. The Morgan fingerprint density at radius 1 is 0.245 bits per heavy atom. The van der Waals surface area contributed by atoms with Crippen LogP contribution >= 0.6 is 0 Å². The molecule has 10 aromatic carbocycles. The number of hydrogen-bond acceptors (Lipinski definition) is 1. The van der Waals surface area contributed by atoms with Gasteiger partial charge in [0.2, 0.25) is 0 Å². The Labute approximate surface area is 309 Å². The second kappa shape index (κ2) is 13.0. The Kier molecular flexibility index (Phi) is 7.55. The predicted octanol–water partition coefficient (Wildman–Crippen LogP) is 14.8. The molecule has 0 N–H and O–H groups in total. The fraction of sp³-hybridized carbons (Fsp3) is 0. The summed E-state index contributed by atoms with van der Waals surface area (Å²) in [6.07, 6.45) is 0. The van der Waals surface area contributed by atoms with Crippen LogP contribution in [0.2, 0.25) is 0 Å². The van der Waals surface area contributed by atoms with E-state index in [-0.39, 0.29) is 0 Å². The first-order valence-corrected chi connectivity index (χ1v) is 18.3. The van der Waals surface area contributed by atoms with Crippen LogP contribution in [0, 0.1) is 0 Å². The number of rotatable bonds is 6. The van der Waals surface area contributed by atoms with Gasteiger partial charge in [0.1, 0.15) is 0 Å². The summed E-state index contributed by atoms with van der Waals surface area (Å²) in [4.78, 5) is 2.48. The third-order valence-corrected chi connectivity index (χ3v) is 10.6. The molecule has 248 valence electrons. The van der Waals surface area contributed by atoms with Crippen LogP contribution in [0.5, 0.6) is 0 Å². The van der Waals surface area contributed by atoms with Crippen LogP contribution in [0.15, 0.2) is 212 Å². The van der Waals surface area contributed by atoms with Gasteiger partial charge in [-0.25, -0.2) is 0 Å². The monoisotopic (exact) mass is 673 g/mol. The summed E-state index contributed by atoms with van der Waals surface area (Å²) in [5, 5.41) is 9.99. The van der Waals surface area contributed by atoms with E-state index in [0.29, 0.717) is 0 Å². The molecule has 0 fully saturated rings. The maximum absolute atomic E-state index is 2.48. The highest BCUT2D eigenvalue weighted by Crippen LogP contribution is 2.47. The molecule has 10 aromatic rings. The van der Waals surface area contributed by atoms with Crippen molar-refractivity contribution in [3.63, 3.8) is 0 Å². The minimum Gasteiger partial charge on any atom is -0.309 e. The number of hydrogen-bond donors (Lipinski definition) is 0. The van der Waals surface area contributed by atoms with Crippen LogP contribution in [0.4, 0.5) is 17.1 Å². The van der Waals surface area contributed by atoms with Gasteiger partial charge in [-0.1, -0.05) is 182 Å². The van der Waals surface area contributed by atoms with Crippen molar-refractivity contribution in [2.45, 2.75) is 0 Å². The highest BCUT2D eigenvalue weighted by atomic mass is 15.1. The molecule has 0 aliphatic rings. The van der Waals surface area contributed by atoms with Gasteiger partial charge < -0.3 is 4.90 Å². The number of anilines is 3. The van der Waals surface area contributed by atoms with Gasteiger partial charge in [0, 0.05) is 16.6 Å². The first-order valence-electron chi connectivity index (χ1n) is 18.3. The minimum absolute atomic E-state index is 1.10. The molecule has 0 atom stereocenters. The van der Waals surface area contributed by atoms with E-state index in [9.17, 15) is 0 Å². The first-order chi connectivity index (χ1) is 26.3. The molecule has 0 aliphatic carbocycles. The van der Waals surface area contributed by atoms with E-state index in [0.717, 1.165) is 17.1 Å². The van der Waals surface area contributed by atoms with Gasteiger partial charge in [-0.05, 0) is 95.9 Å². The Morgan fingerprint density at radius 3 is 1.38 bits per heavy atom. The molecule has 53 heavy (non-hydrogen) atoms. The standard InChI is InChI=1S/C52H35N/c1-3-15-36(16-4-1)39-29-32-45(37-17-5-2-6-18-37)51(34-39)53(52-35-41-20-8-10-22-44(41)47-24-13-14-26-49(47)52)42-30-27-38(28-31-42)50-33-40-19-7-9-21-43(40)46-23-11-12-25-48(46)50/h1-35H. The molecule has 1 heteroatoms. The van der Waals surface area contributed by atoms with E-state index in [2.05, 4.69) is 217 Å². The maximum atomic E-state index is 2.48. The Morgan fingerprint density at radius 2 is 0.717 bits per heavy atom. The smallest absolute Gasteiger partial charge is 0.0546 e. The first kappa shape index (κ1) is 30.8. The van der Waals surface area contributed by atoms with E-state index >= 15 is 0 Å². The summed E-state index contributed by atoms with van der Waals surface area (Å²) < 4.78 is 0. The molecule has 0 bridgehead atoms. The molecule has 10 rings (SSSR count). The van der Waals surface area contributed by atoms with Gasteiger partial charge in [0.15, 0.2) is 0 Å². The largest absolute Gasteiger partial charge is 0.309 e. The van der Waals surface area contributed by atoms with E-state index in [1.54, 1.807) is 0 Å². The second-order valence-corrected chi connectivity index (χ2v) is 13.7. The van der Waals surface area contributed by atoms with Crippen LogP contribution in [-0.4, -0.2) is 0 Å². The lowest BCUT2D eigenvalue weighted by atomic mass is 9.93. The van der Waals surface area contributed by atoms with Crippen LogP contribution in [0.1, 0.15) is 0 Å². The number of nitrogens with zero attached hydrogens (tertiary/aromatic N) is 1. The lowest BCUT2D eigenvalue weighted by Crippen LogP contribution is -2.12. The van der Waals surface area contributed by atoms with Crippen molar-refractivity contribution < 1.29 is 0 Å². The molecule has 1 nitrogen and oxygen atoms in total. The maximum Gasteiger partial charge on any atom is 0.0546 e. The Balaban J connectivity index is 1.24. The molecule has 0 radical (unpaired) electrons. The average Bonchev–Trinajstić information content (AvgIpc) is 3.24. The third-order valence-electron chi connectivity index (χ3n) is 10.6. The molecule has 0 saturated heterocycles. The van der Waals surface area contributed by atoms with Crippen molar-refractivity contribution >= 4 is 60.2 Å². The molecule has 0 aliphatic heterocycles. The zero-order valence-electron chi connectivity index (χ0n) is 29.2. The normalized spacial score (nSPS) is 11.4. The van der Waals surface area contributed by atoms with Crippen molar-refractivity contribution in [3.05, 3.63) is 212 Å². The fourth-order valence-electron chi connectivity index (χ4n) is 8.10. The predicted molar refractivity (Wildman–Crippen MR) is 227 cm³/mol. The van der Waals surface area contributed by atoms with Crippen molar-refractivity contribution in [2.75, 3.05) is 4.90 Å². The zero-order chi connectivity index (χ0) is 35.1. The number of fused-ring (bicyclic) bond motifs is 6. The Bertz CT molecular complexity index is 2930. The van der Waals surface area contributed by atoms with Crippen molar-refractivity contribution in [1.29, 1.82) is 0 Å². The van der Waals surface area contributed by atoms with Crippen molar-refractivity contribution in [1.82, 2.24) is 0 Å². The highest BCUT2D eigenvalue weighted by molar-refractivity contribution is 6.16. The molecule has 0 saturated carbocycles.